The molecule has 3 unspecified atom stereocenters. The Labute approximate surface area is 90.4 Å². The lowest BCUT2D eigenvalue weighted by Crippen LogP contribution is -2.51. The first-order valence-corrected chi connectivity index (χ1v) is 5.94. The number of nitrogens with two attached hydrogens (primary N) is 1. The van der Waals surface area contributed by atoms with Crippen molar-refractivity contribution in [3.05, 3.63) is 0 Å². The molecule has 0 aromatic heterocycles. The predicted molar refractivity (Wildman–Crippen MR) is 57.3 cm³/mol. The molecule has 0 radical (unpaired) electrons. The number of hydrogen-bond donors (Lipinski definition) is 2. The van der Waals surface area contributed by atoms with Gasteiger partial charge in [0.1, 0.15) is 0 Å². The van der Waals surface area contributed by atoms with Gasteiger partial charge in [0.05, 0.1) is 6.10 Å². The molecule has 0 spiro atoms. The van der Waals surface area contributed by atoms with E-state index >= 15 is 0 Å². The van der Waals surface area contributed by atoms with Crippen LogP contribution in [-0.2, 0) is 0 Å². The first-order chi connectivity index (χ1) is 7.20. The van der Waals surface area contributed by atoms with Gasteiger partial charge in [0, 0.05) is 18.5 Å². The average molecular weight is 212 g/mol. The number of nitrogens with zero attached hydrogens (tertiary/aromatic N) is 1. The van der Waals surface area contributed by atoms with E-state index in [0.29, 0.717) is 0 Å². The number of carbonyl (C=O) groups excluding carboxylic acids is 1. The van der Waals surface area contributed by atoms with Gasteiger partial charge in [0.2, 0.25) is 0 Å². The summed E-state index contributed by atoms with van der Waals surface area (Å²) in [5.74, 6) is 0.262. The summed E-state index contributed by atoms with van der Waals surface area (Å²) in [5, 5.41) is 9.86. The maximum Gasteiger partial charge on any atom is 0.315 e. The van der Waals surface area contributed by atoms with Crippen LogP contribution in [0, 0.1) is 5.92 Å². The first kappa shape index (κ1) is 10.7. The minimum absolute atomic E-state index is 0.189. The maximum absolute atomic E-state index is 11.3. The molecule has 1 saturated heterocycles. The van der Waals surface area contributed by atoms with Gasteiger partial charge in [0.15, 0.2) is 0 Å². The quantitative estimate of drug-likeness (QED) is 0.683. The monoisotopic (exact) mass is 212 g/mol. The molecule has 1 saturated carbocycles. The fraction of sp³-hybridized carbons (Fsp3) is 0.909. The number of aliphatic hydroxyl groups is 1. The molecule has 2 amide bonds. The van der Waals surface area contributed by atoms with Crippen LogP contribution in [0.2, 0.25) is 0 Å². The van der Waals surface area contributed by atoms with E-state index < -0.39 is 0 Å². The minimum Gasteiger partial charge on any atom is -0.393 e. The highest BCUT2D eigenvalue weighted by atomic mass is 16.3. The van der Waals surface area contributed by atoms with E-state index in [1.54, 1.807) is 4.90 Å². The van der Waals surface area contributed by atoms with Gasteiger partial charge in [-0.15, -0.1) is 0 Å². The molecule has 3 N–H and O–H groups in total. The number of carbonyl (C=O) groups is 1. The Morgan fingerprint density at radius 3 is 2.60 bits per heavy atom. The second-order valence-corrected chi connectivity index (χ2v) is 4.76. The third-order valence-electron chi connectivity index (χ3n) is 3.86. The number of piperidine rings is 1. The molecule has 0 bridgehead atoms. The molecule has 4 heteroatoms. The first-order valence-electron chi connectivity index (χ1n) is 5.94. The zero-order valence-corrected chi connectivity index (χ0v) is 9.06. The zero-order chi connectivity index (χ0) is 10.8. The summed E-state index contributed by atoms with van der Waals surface area (Å²) in [5.41, 5.74) is 5.38. The molecular weight excluding hydrogens is 192 g/mol. The van der Waals surface area contributed by atoms with Crippen LogP contribution in [0.3, 0.4) is 0 Å². The van der Waals surface area contributed by atoms with Crippen molar-refractivity contribution in [2.75, 3.05) is 6.54 Å². The highest BCUT2D eigenvalue weighted by molar-refractivity contribution is 5.72. The van der Waals surface area contributed by atoms with E-state index in [1.807, 2.05) is 0 Å². The number of rotatable bonds is 1. The van der Waals surface area contributed by atoms with Crippen LogP contribution in [0.25, 0.3) is 0 Å². The molecule has 3 atom stereocenters. The Kier molecular flexibility index (Phi) is 3.14. The van der Waals surface area contributed by atoms with E-state index in [4.69, 9.17) is 5.73 Å². The summed E-state index contributed by atoms with van der Waals surface area (Å²) in [7, 11) is 0. The zero-order valence-electron chi connectivity index (χ0n) is 9.06. The molecule has 2 aliphatic rings. The standard InChI is InChI=1S/C11H20N2O2/c12-11(15)13-7-2-1-5-9(13)8-4-3-6-10(8)14/h8-10,14H,1-7H2,(H2,12,15). The molecule has 0 aromatic carbocycles. The Hall–Kier alpha value is -0.770. The Morgan fingerprint density at radius 1 is 1.20 bits per heavy atom. The summed E-state index contributed by atoms with van der Waals surface area (Å²) in [6.07, 6.45) is 5.97. The fourth-order valence-electron chi connectivity index (χ4n) is 3.09. The lowest BCUT2D eigenvalue weighted by Gasteiger charge is -2.39. The van der Waals surface area contributed by atoms with Crippen molar-refractivity contribution in [1.82, 2.24) is 4.90 Å². The maximum atomic E-state index is 11.3. The fourth-order valence-corrected chi connectivity index (χ4v) is 3.09. The number of hydrogen-bond acceptors (Lipinski definition) is 2. The molecule has 86 valence electrons. The average Bonchev–Trinajstić information content (AvgIpc) is 2.64. The minimum atomic E-state index is -0.321. The van der Waals surface area contributed by atoms with Crippen LogP contribution in [0.15, 0.2) is 0 Å². The summed E-state index contributed by atoms with van der Waals surface area (Å²) in [6, 6.07) is -0.132. The van der Waals surface area contributed by atoms with Gasteiger partial charge in [-0.25, -0.2) is 4.79 Å². The van der Waals surface area contributed by atoms with Gasteiger partial charge >= 0.3 is 6.03 Å². The molecular formula is C11H20N2O2. The summed E-state index contributed by atoms with van der Waals surface area (Å²) in [4.78, 5) is 13.1. The largest absolute Gasteiger partial charge is 0.393 e. The van der Waals surface area contributed by atoms with Crippen molar-refractivity contribution >= 4 is 6.03 Å². The lowest BCUT2D eigenvalue weighted by atomic mass is 9.88. The van der Waals surface area contributed by atoms with Gasteiger partial charge in [-0.05, 0) is 32.1 Å². The third kappa shape index (κ3) is 2.09. The van der Waals surface area contributed by atoms with Crippen LogP contribution in [0.4, 0.5) is 4.79 Å². The van der Waals surface area contributed by atoms with Gasteiger partial charge in [-0.1, -0.05) is 6.42 Å². The summed E-state index contributed by atoms with van der Waals surface area (Å²) >= 11 is 0. The van der Waals surface area contributed by atoms with Crippen molar-refractivity contribution in [1.29, 1.82) is 0 Å². The van der Waals surface area contributed by atoms with Crippen LogP contribution < -0.4 is 5.73 Å². The van der Waals surface area contributed by atoms with Gasteiger partial charge in [-0.3, -0.25) is 0 Å². The molecule has 1 heterocycles. The molecule has 15 heavy (non-hydrogen) atoms. The van der Waals surface area contributed by atoms with E-state index in [1.165, 1.54) is 0 Å². The normalized spacial score (nSPS) is 36.9. The van der Waals surface area contributed by atoms with Gasteiger partial charge in [-0.2, -0.15) is 0 Å². The Balaban J connectivity index is 2.06. The number of urea groups is 1. The van der Waals surface area contributed by atoms with E-state index in [2.05, 4.69) is 0 Å². The summed E-state index contributed by atoms with van der Waals surface area (Å²) in [6.45, 7) is 0.767. The van der Waals surface area contributed by atoms with Crippen molar-refractivity contribution in [2.45, 2.75) is 50.7 Å². The van der Waals surface area contributed by atoms with Crippen molar-refractivity contribution in [3.8, 4) is 0 Å². The smallest absolute Gasteiger partial charge is 0.315 e. The van der Waals surface area contributed by atoms with Crippen molar-refractivity contribution in [2.24, 2.45) is 11.7 Å². The number of likely N-dealkylation sites (tertiary alicyclic amines) is 1. The summed E-state index contributed by atoms with van der Waals surface area (Å²) < 4.78 is 0. The molecule has 4 nitrogen and oxygen atoms in total. The second kappa shape index (κ2) is 4.39. The second-order valence-electron chi connectivity index (χ2n) is 4.76. The molecule has 1 aliphatic heterocycles. The Bertz CT molecular complexity index is 245. The van der Waals surface area contributed by atoms with Crippen LogP contribution in [0.5, 0.6) is 0 Å². The van der Waals surface area contributed by atoms with E-state index in [-0.39, 0.29) is 24.1 Å². The van der Waals surface area contributed by atoms with Crippen molar-refractivity contribution in [3.63, 3.8) is 0 Å². The van der Waals surface area contributed by atoms with Crippen LogP contribution >= 0.6 is 0 Å². The Morgan fingerprint density at radius 2 is 2.00 bits per heavy atom. The topological polar surface area (TPSA) is 66.6 Å². The van der Waals surface area contributed by atoms with Crippen LogP contribution in [0.1, 0.15) is 38.5 Å². The molecule has 1 aliphatic carbocycles. The number of aliphatic hydroxyl groups excluding tert-OH is 1. The molecule has 2 rings (SSSR count). The number of primary amides is 1. The predicted octanol–water partition coefficient (Wildman–Crippen LogP) is 1.08. The van der Waals surface area contributed by atoms with Crippen molar-refractivity contribution < 1.29 is 9.90 Å². The SMILES string of the molecule is NC(=O)N1CCCCC1C1CCCC1O. The number of amides is 2. The third-order valence-corrected chi connectivity index (χ3v) is 3.86. The molecule has 0 aromatic rings. The highest BCUT2D eigenvalue weighted by Crippen LogP contribution is 2.34. The highest BCUT2D eigenvalue weighted by Gasteiger charge is 2.38. The molecule has 2 fully saturated rings. The van der Waals surface area contributed by atoms with E-state index in [0.717, 1.165) is 45.1 Å². The lowest BCUT2D eigenvalue weighted by molar-refractivity contribution is 0.0550. The van der Waals surface area contributed by atoms with Gasteiger partial charge < -0.3 is 15.7 Å². The van der Waals surface area contributed by atoms with Crippen LogP contribution in [-0.4, -0.2) is 34.7 Å². The van der Waals surface area contributed by atoms with Gasteiger partial charge in [0.25, 0.3) is 0 Å². The van der Waals surface area contributed by atoms with E-state index in [9.17, 15) is 9.90 Å².